The summed E-state index contributed by atoms with van der Waals surface area (Å²) in [6.07, 6.45) is 5.91. The molecule has 0 radical (unpaired) electrons. The highest BCUT2D eigenvalue weighted by atomic mass is 35.5. The molecular formula is C15H14ClN3O. The largest absolute Gasteiger partial charge is 0.307 e. The number of aryl methyl sites for hydroxylation is 1. The first-order chi connectivity index (χ1) is 9.75. The Kier molecular flexibility index (Phi) is 3.65. The van der Waals surface area contributed by atoms with Crippen LogP contribution in [0.2, 0.25) is 5.15 Å². The molecule has 1 aromatic carbocycles. The van der Waals surface area contributed by atoms with Gasteiger partial charge in [-0.2, -0.15) is 0 Å². The van der Waals surface area contributed by atoms with Crippen LogP contribution >= 0.6 is 11.6 Å². The van der Waals surface area contributed by atoms with Gasteiger partial charge in [0.05, 0.1) is 12.4 Å². The van der Waals surface area contributed by atoms with Crippen LogP contribution in [0.15, 0.2) is 36.7 Å². The molecule has 0 unspecified atom stereocenters. The van der Waals surface area contributed by atoms with Crippen LogP contribution in [-0.4, -0.2) is 22.4 Å². The number of hydrogen-bond donors (Lipinski definition) is 0. The minimum absolute atomic E-state index is 0.122. The standard InChI is InChI=1S/C15H14ClN3O/c16-14-10-17-12(9-18-14)15(20)19-8-4-3-6-11-5-1-2-7-13(11)19/h1-2,5,7,9-10H,3-4,6,8H2. The van der Waals surface area contributed by atoms with Crippen LogP contribution in [0.5, 0.6) is 0 Å². The molecule has 3 rings (SSSR count). The van der Waals surface area contributed by atoms with E-state index >= 15 is 0 Å². The average molecular weight is 288 g/mol. The highest BCUT2D eigenvalue weighted by Gasteiger charge is 2.23. The summed E-state index contributed by atoms with van der Waals surface area (Å²) in [6.45, 7) is 0.708. The van der Waals surface area contributed by atoms with Crippen LogP contribution < -0.4 is 4.90 Å². The van der Waals surface area contributed by atoms with Gasteiger partial charge in [0.2, 0.25) is 0 Å². The van der Waals surface area contributed by atoms with Crippen LogP contribution in [-0.2, 0) is 6.42 Å². The molecule has 1 aliphatic heterocycles. The molecule has 2 aromatic rings. The lowest BCUT2D eigenvalue weighted by atomic mass is 10.1. The number of para-hydroxylation sites is 1. The van der Waals surface area contributed by atoms with E-state index in [9.17, 15) is 4.79 Å². The second-order valence-electron chi connectivity index (χ2n) is 4.77. The molecule has 0 spiro atoms. The number of nitrogens with zero attached hydrogens (tertiary/aromatic N) is 3. The summed E-state index contributed by atoms with van der Waals surface area (Å²) in [6, 6.07) is 8.03. The van der Waals surface area contributed by atoms with Gasteiger partial charge in [0, 0.05) is 12.2 Å². The number of carbonyl (C=O) groups is 1. The van der Waals surface area contributed by atoms with Crippen molar-refractivity contribution in [3.63, 3.8) is 0 Å². The Balaban J connectivity index is 1.97. The average Bonchev–Trinajstić information content (AvgIpc) is 2.69. The van der Waals surface area contributed by atoms with Crippen molar-refractivity contribution in [1.82, 2.24) is 9.97 Å². The first kappa shape index (κ1) is 13.1. The minimum Gasteiger partial charge on any atom is -0.307 e. The van der Waals surface area contributed by atoms with Crippen molar-refractivity contribution in [3.05, 3.63) is 53.1 Å². The number of benzene rings is 1. The second-order valence-corrected chi connectivity index (χ2v) is 5.15. The SMILES string of the molecule is O=C(c1cnc(Cl)cn1)N1CCCCc2ccccc21. The zero-order valence-corrected chi connectivity index (χ0v) is 11.7. The zero-order valence-electron chi connectivity index (χ0n) is 10.9. The fourth-order valence-electron chi connectivity index (χ4n) is 2.46. The van der Waals surface area contributed by atoms with Gasteiger partial charge in [-0.1, -0.05) is 29.8 Å². The summed E-state index contributed by atoms with van der Waals surface area (Å²) in [5.41, 5.74) is 2.51. The highest BCUT2D eigenvalue weighted by Crippen LogP contribution is 2.27. The van der Waals surface area contributed by atoms with Gasteiger partial charge in [0.15, 0.2) is 0 Å². The predicted molar refractivity (Wildman–Crippen MR) is 78.1 cm³/mol. The van der Waals surface area contributed by atoms with E-state index < -0.39 is 0 Å². The number of aromatic nitrogens is 2. The van der Waals surface area contributed by atoms with E-state index in [1.54, 1.807) is 4.90 Å². The summed E-state index contributed by atoms with van der Waals surface area (Å²) >= 11 is 5.71. The van der Waals surface area contributed by atoms with E-state index in [4.69, 9.17) is 11.6 Å². The lowest BCUT2D eigenvalue weighted by Gasteiger charge is -2.22. The molecule has 0 bridgehead atoms. The van der Waals surface area contributed by atoms with E-state index in [1.807, 2.05) is 18.2 Å². The Morgan fingerprint density at radius 1 is 1.15 bits per heavy atom. The van der Waals surface area contributed by atoms with E-state index in [-0.39, 0.29) is 11.1 Å². The van der Waals surface area contributed by atoms with Crippen molar-refractivity contribution in [1.29, 1.82) is 0 Å². The smallest absolute Gasteiger partial charge is 0.278 e. The predicted octanol–water partition coefficient (Wildman–Crippen LogP) is 3.11. The van der Waals surface area contributed by atoms with Crippen LogP contribution in [0, 0.1) is 0 Å². The van der Waals surface area contributed by atoms with Crippen LogP contribution in [0.4, 0.5) is 5.69 Å². The van der Waals surface area contributed by atoms with Crippen molar-refractivity contribution in [2.45, 2.75) is 19.3 Å². The molecule has 1 amide bonds. The van der Waals surface area contributed by atoms with E-state index in [2.05, 4.69) is 16.0 Å². The van der Waals surface area contributed by atoms with E-state index in [0.717, 1.165) is 24.9 Å². The lowest BCUT2D eigenvalue weighted by Crippen LogP contribution is -2.32. The van der Waals surface area contributed by atoms with E-state index in [0.29, 0.717) is 12.2 Å². The molecule has 2 heterocycles. The molecule has 102 valence electrons. The van der Waals surface area contributed by atoms with Gasteiger partial charge < -0.3 is 4.90 Å². The number of halogens is 1. The summed E-state index contributed by atoms with van der Waals surface area (Å²) in [7, 11) is 0. The molecule has 0 saturated carbocycles. The number of rotatable bonds is 1. The molecule has 0 fully saturated rings. The van der Waals surface area contributed by atoms with Gasteiger partial charge in [0.1, 0.15) is 10.8 Å². The summed E-state index contributed by atoms with van der Waals surface area (Å²) in [5.74, 6) is -0.122. The first-order valence-corrected chi connectivity index (χ1v) is 7.01. The molecule has 0 saturated heterocycles. The quantitative estimate of drug-likeness (QED) is 0.809. The highest BCUT2D eigenvalue weighted by molar-refractivity contribution is 6.29. The van der Waals surface area contributed by atoms with Crippen molar-refractivity contribution in [2.24, 2.45) is 0 Å². The summed E-state index contributed by atoms with van der Waals surface area (Å²) < 4.78 is 0. The number of carbonyl (C=O) groups excluding carboxylic acids is 1. The maximum atomic E-state index is 12.6. The van der Waals surface area contributed by atoms with Crippen molar-refractivity contribution < 1.29 is 4.79 Å². The van der Waals surface area contributed by atoms with Gasteiger partial charge in [-0.15, -0.1) is 0 Å². The number of hydrogen-bond acceptors (Lipinski definition) is 3. The van der Waals surface area contributed by atoms with Gasteiger partial charge in [-0.05, 0) is 30.9 Å². The van der Waals surface area contributed by atoms with Gasteiger partial charge in [0.25, 0.3) is 5.91 Å². The fourth-order valence-corrected chi connectivity index (χ4v) is 2.56. The number of amides is 1. The molecule has 0 aliphatic carbocycles. The molecular weight excluding hydrogens is 274 g/mol. The molecule has 5 heteroatoms. The second kappa shape index (κ2) is 5.59. The molecule has 20 heavy (non-hydrogen) atoms. The third-order valence-corrected chi connectivity index (χ3v) is 3.64. The minimum atomic E-state index is -0.122. The van der Waals surface area contributed by atoms with E-state index in [1.165, 1.54) is 18.0 Å². The fraction of sp³-hybridized carbons (Fsp3) is 0.267. The molecule has 1 aromatic heterocycles. The Morgan fingerprint density at radius 2 is 2.00 bits per heavy atom. The van der Waals surface area contributed by atoms with Gasteiger partial charge in [-0.25, -0.2) is 9.97 Å². The Labute approximate surface area is 122 Å². The number of anilines is 1. The van der Waals surface area contributed by atoms with Crippen LogP contribution in [0.25, 0.3) is 0 Å². The Morgan fingerprint density at radius 3 is 2.80 bits per heavy atom. The maximum Gasteiger partial charge on any atom is 0.278 e. The third-order valence-electron chi connectivity index (χ3n) is 3.44. The zero-order chi connectivity index (χ0) is 13.9. The van der Waals surface area contributed by atoms with Crippen molar-refractivity contribution in [3.8, 4) is 0 Å². The Hall–Kier alpha value is -1.94. The van der Waals surface area contributed by atoms with Gasteiger partial charge >= 0.3 is 0 Å². The normalized spacial score (nSPS) is 14.6. The van der Waals surface area contributed by atoms with Gasteiger partial charge in [-0.3, -0.25) is 4.79 Å². The van der Waals surface area contributed by atoms with Crippen LogP contribution in [0.3, 0.4) is 0 Å². The number of fused-ring (bicyclic) bond motifs is 1. The first-order valence-electron chi connectivity index (χ1n) is 6.63. The van der Waals surface area contributed by atoms with Crippen molar-refractivity contribution >= 4 is 23.2 Å². The monoisotopic (exact) mass is 287 g/mol. The maximum absolute atomic E-state index is 12.6. The Bertz CT molecular complexity index is 627. The third kappa shape index (κ3) is 2.51. The molecule has 1 aliphatic rings. The van der Waals surface area contributed by atoms with Crippen molar-refractivity contribution in [2.75, 3.05) is 11.4 Å². The topological polar surface area (TPSA) is 46.1 Å². The summed E-state index contributed by atoms with van der Waals surface area (Å²) in [5, 5.41) is 0.290. The lowest BCUT2D eigenvalue weighted by molar-refractivity contribution is 0.0982. The molecule has 0 N–H and O–H groups in total. The van der Waals surface area contributed by atoms with Crippen LogP contribution in [0.1, 0.15) is 28.9 Å². The molecule has 4 nitrogen and oxygen atoms in total. The molecule has 0 atom stereocenters. The summed E-state index contributed by atoms with van der Waals surface area (Å²) in [4.78, 5) is 22.4.